The van der Waals surface area contributed by atoms with Gasteiger partial charge in [-0.05, 0) is 36.8 Å². The highest BCUT2D eigenvalue weighted by Gasteiger charge is 2.12. The van der Waals surface area contributed by atoms with Crippen LogP contribution in [0, 0.1) is 12.8 Å². The van der Waals surface area contributed by atoms with E-state index in [0.717, 1.165) is 12.8 Å². The molecular formula is C12H19NO. The molecule has 1 heterocycles. The third kappa shape index (κ3) is 3.11. The summed E-state index contributed by atoms with van der Waals surface area (Å²) < 4.78 is 0. The number of hydrogen-bond acceptors (Lipinski definition) is 2. The van der Waals surface area contributed by atoms with E-state index >= 15 is 0 Å². The SMILES string of the molecule is CCC(O)C(C)Cc1cncc(C)c1. The third-order valence-corrected chi connectivity index (χ3v) is 2.56. The summed E-state index contributed by atoms with van der Waals surface area (Å²) in [5, 5.41) is 9.64. The molecule has 0 radical (unpaired) electrons. The molecule has 0 aliphatic rings. The van der Waals surface area contributed by atoms with E-state index in [2.05, 4.69) is 18.0 Å². The molecule has 2 heteroatoms. The summed E-state index contributed by atoms with van der Waals surface area (Å²) in [4.78, 5) is 4.14. The molecule has 0 bridgehead atoms. The van der Waals surface area contributed by atoms with Crippen molar-refractivity contribution in [3.8, 4) is 0 Å². The molecule has 0 fully saturated rings. The Labute approximate surface area is 86.0 Å². The second-order valence-corrected chi connectivity index (χ2v) is 4.03. The smallest absolute Gasteiger partial charge is 0.0566 e. The first-order chi connectivity index (χ1) is 6.63. The standard InChI is InChI=1S/C12H19NO/c1-4-12(14)10(3)6-11-5-9(2)7-13-8-11/h5,7-8,10,12,14H,4,6H2,1-3H3. The molecule has 78 valence electrons. The van der Waals surface area contributed by atoms with Gasteiger partial charge in [0.25, 0.3) is 0 Å². The predicted molar refractivity (Wildman–Crippen MR) is 58.1 cm³/mol. The topological polar surface area (TPSA) is 33.1 Å². The molecule has 1 rings (SSSR count). The minimum Gasteiger partial charge on any atom is -0.393 e. The van der Waals surface area contributed by atoms with E-state index in [4.69, 9.17) is 0 Å². The van der Waals surface area contributed by atoms with Crippen molar-refractivity contribution in [2.24, 2.45) is 5.92 Å². The average Bonchev–Trinajstić information content (AvgIpc) is 2.16. The van der Waals surface area contributed by atoms with Crippen molar-refractivity contribution in [3.63, 3.8) is 0 Å². The monoisotopic (exact) mass is 193 g/mol. The number of pyridine rings is 1. The Morgan fingerprint density at radius 3 is 2.71 bits per heavy atom. The fraction of sp³-hybridized carbons (Fsp3) is 0.583. The Bertz CT molecular complexity index is 285. The van der Waals surface area contributed by atoms with E-state index in [-0.39, 0.29) is 6.10 Å². The van der Waals surface area contributed by atoms with Crippen LogP contribution >= 0.6 is 0 Å². The van der Waals surface area contributed by atoms with Gasteiger partial charge in [0.15, 0.2) is 0 Å². The van der Waals surface area contributed by atoms with Crippen LogP contribution in [0.15, 0.2) is 18.5 Å². The normalized spacial score (nSPS) is 15.1. The molecular weight excluding hydrogens is 174 g/mol. The summed E-state index contributed by atoms with van der Waals surface area (Å²) in [6.45, 7) is 6.13. The first-order valence-electron chi connectivity index (χ1n) is 5.22. The van der Waals surface area contributed by atoms with E-state index in [1.807, 2.05) is 26.2 Å². The molecule has 1 N–H and O–H groups in total. The maximum atomic E-state index is 9.64. The van der Waals surface area contributed by atoms with Crippen LogP contribution in [0.2, 0.25) is 0 Å². The number of aliphatic hydroxyl groups is 1. The zero-order valence-electron chi connectivity index (χ0n) is 9.20. The van der Waals surface area contributed by atoms with E-state index in [9.17, 15) is 5.11 Å². The predicted octanol–water partition coefficient (Wildman–Crippen LogP) is 2.34. The molecule has 2 unspecified atom stereocenters. The van der Waals surface area contributed by atoms with Crippen LogP contribution in [0.4, 0.5) is 0 Å². The maximum absolute atomic E-state index is 9.64. The Morgan fingerprint density at radius 2 is 2.14 bits per heavy atom. The Kier molecular flexibility index (Phi) is 4.08. The van der Waals surface area contributed by atoms with Crippen molar-refractivity contribution in [1.29, 1.82) is 0 Å². The van der Waals surface area contributed by atoms with Crippen molar-refractivity contribution in [2.75, 3.05) is 0 Å². The number of aryl methyl sites for hydroxylation is 1. The highest BCUT2D eigenvalue weighted by atomic mass is 16.3. The first kappa shape index (κ1) is 11.2. The number of rotatable bonds is 4. The van der Waals surface area contributed by atoms with Gasteiger partial charge in [-0.1, -0.05) is 19.9 Å². The van der Waals surface area contributed by atoms with Crippen LogP contribution in [-0.2, 0) is 6.42 Å². The molecule has 0 saturated carbocycles. The van der Waals surface area contributed by atoms with Gasteiger partial charge in [-0.2, -0.15) is 0 Å². The average molecular weight is 193 g/mol. The minimum atomic E-state index is -0.199. The minimum absolute atomic E-state index is 0.199. The summed E-state index contributed by atoms with van der Waals surface area (Å²) in [6.07, 6.45) is 5.26. The molecule has 14 heavy (non-hydrogen) atoms. The molecule has 0 amide bonds. The zero-order valence-corrected chi connectivity index (χ0v) is 9.20. The maximum Gasteiger partial charge on any atom is 0.0566 e. The van der Waals surface area contributed by atoms with E-state index in [0.29, 0.717) is 5.92 Å². The lowest BCUT2D eigenvalue weighted by Gasteiger charge is -2.16. The van der Waals surface area contributed by atoms with E-state index in [1.54, 1.807) is 0 Å². The quantitative estimate of drug-likeness (QED) is 0.796. The van der Waals surface area contributed by atoms with Crippen LogP contribution in [0.3, 0.4) is 0 Å². The molecule has 0 aliphatic heterocycles. The van der Waals surface area contributed by atoms with Gasteiger partial charge >= 0.3 is 0 Å². The lowest BCUT2D eigenvalue weighted by Crippen LogP contribution is -2.18. The van der Waals surface area contributed by atoms with Crippen LogP contribution in [0.25, 0.3) is 0 Å². The molecule has 1 aromatic rings. The van der Waals surface area contributed by atoms with Gasteiger partial charge in [-0.3, -0.25) is 4.98 Å². The zero-order chi connectivity index (χ0) is 10.6. The Balaban J connectivity index is 2.60. The molecule has 0 spiro atoms. The summed E-state index contributed by atoms with van der Waals surface area (Å²) in [5.74, 6) is 0.309. The highest BCUT2D eigenvalue weighted by molar-refractivity contribution is 5.17. The largest absolute Gasteiger partial charge is 0.393 e. The Hall–Kier alpha value is -0.890. The van der Waals surface area contributed by atoms with Crippen LogP contribution < -0.4 is 0 Å². The van der Waals surface area contributed by atoms with Gasteiger partial charge in [0.1, 0.15) is 0 Å². The number of hydrogen-bond donors (Lipinski definition) is 1. The molecule has 1 aromatic heterocycles. The summed E-state index contributed by atoms with van der Waals surface area (Å²) in [5.41, 5.74) is 2.39. The van der Waals surface area contributed by atoms with Gasteiger partial charge in [0.05, 0.1) is 6.10 Å². The van der Waals surface area contributed by atoms with Gasteiger partial charge in [-0.15, -0.1) is 0 Å². The fourth-order valence-electron chi connectivity index (χ4n) is 1.64. The lowest BCUT2D eigenvalue weighted by atomic mass is 9.95. The highest BCUT2D eigenvalue weighted by Crippen LogP contribution is 2.14. The third-order valence-electron chi connectivity index (χ3n) is 2.56. The van der Waals surface area contributed by atoms with E-state index in [1.165, 1.54) is 11.1 Å². The molecule has 2 nitrogen and oxygen atoms in total. The molecule has 2 atom stereocenters. The van der Waals surface area contributed by atoms with Crippen LogP contribution in [0.5, 0.6) is 0 Å². The number of aromatic nitrogens is 1. The Morgan fingerprint density at radius 1 is 1.43 bits per heavy atom. The van der Waals surface area contributed by atoms with Gasteiger partial charge < -0.3 is 5.11 Å². The number of aliphatic hydroxyl groups excluding tert-OH is 1. The second-order valence-electron chi connectivity index (χ2n) is 4.03. The number of nitrogens with zero attached hydrogens (tertiary/aromatic N) is 1. The summed E-state index contributed by atoms with van der Waals surface area (Å²) >= 11 is 0. The second kappa shape index (κ2) is 5.11. The van der Waals surface area contributed by atoms with E-state index < -0.39 is 0 Å². The molecule has 0 aromatic carbocycles. The molecule has 0 aliphatic carbocycles. The lowest BCUT2D eigenvalue weighted by molar-refractivity contribution is 0.112. The van der Waals surface area contributed by atoms with Crippen LogP contribution in [-0.4, -0.2) is 16.2 Å². The first-order valence-corrected chi connectivity index (χ1v) is 5.22. The van der Waals surface area contributed by atoms with Crippen molar-refractivity contribution in [3.05, 3.63) is 29.6 Å². The van der Waals surface area contributed by atoms with Crippen LogP contribution in [0.1, 0.15) is 31.4 Å². The summed E-state index contributed by atoms with van der Waals surface area (Å²) in [6, 6.07) is 2.13. The van der Waals surface area contributed by atoms with Gasteiger partial charge in [0.2, 0.25) is 0 Å². The fourth-order valence-corrected chi connectivity index (χ4v) is 1.64. The van der Waals surface area contributed by atoms with Gasteiger partial charge in [-0.25, -0.2) is 0 Å². The van der Waals surface area contributed by atoms with Crippen molar-refractivity contribution in [1.82, 2.24) is 4.98 Å². The summed E-state index contributed by atoms with van der Waals surface area (Å²) in [7, 11) is 0. The van der Waals surface area contributed by atoms with Gasteiger partial charge in [0, 0.05) is 12.4 Å². The molecule has 0 saturated heterocycles. The van der Waals surface area contributed by atoms with Crippen molar-refractivity contribution in [2.45, 2.75) is 39.7 Å². The van der Waals surface area contributed by atoms with Crippen molar-refractivity contribution >= 4 is 0 Å². The van der Waals surface area contributed by atoms with Crippen molar-refractivity contribution < 1.29 is 5.11 Å².